The molecule has 1 amide bonds. The van der Waals surface area contributed by atoms with Crippen LogP contribution in [-0.4, -0.2) is 48.5 Å². The summed E-state index contributed by atoms with van der Waals surface area (Å²) < 4.78 is 30.3. The number of ether oxygens (including phenoxy) is 3. The zero-order valence-electron chi connectivity index (χ0n) is 22.6. The van der Waals surface area contributed by atoms with Crippen LogP contribution in [0.1, 0.15) is 75.0 Å². The molecule has 0 unspecified atom stereocenters. The van der Waals surface area contributed by atoms with E-state index in [0.717, 1.165) is 24.0 Å². The van der Waals surface area contributed by atoms with Gasteiger partial charge in [0.1, 0.15) is 17.6 Å². The van der Waals surface area contributed by atoms with E-state index >= 15 is 0 Å². The number of pyridine rings is 1. The molecule has 0 saturated carbocycles. The smallest absolute Gasteiger partial charge is 0.308 e. The Morgan fingerprint density at radius 3 is 2.43 bits per heavy atom. The van der Waals surface area contributed by atoms with E-state index in [2.05, 4.69) is 24.1 Å². The van der Waals surface area contributed by atoms with E-state index in [1.165, 1.54) is 45.4 Å². The van der Waals surface area contributed by atoms with Crippen molar-refractivity contribution in [2.75, 3.05) is 13.7 Å². The predicted molar refractivity (Wildman–Crippen MR) is 137 cm³/mol. The first-order valence-corrected chi connectivity index (χ1v) is 12.4. The molecule has 2 rings (SSSR count). The first-order chi connectivity index (χ1) is 17.5. The van der Waals surface area contributed by atoms with Gasteiger partial charge in [-0.05, 0) is 49.9 Å². The first-order valence-electron chi connectivity index (χ1n) is 12.4. The Bertz CT molecular complexity index is 1100. The monoisotopic (exact) mass is 516 g/mol. The standard InChI is InChI=1S/C28H37FN2O6/c1-8-20(9-2)24(22-11-10-21(29)14-17(22)3)18(4)36-16-28(6,15-32)31-27(34)25-26(37-19(5)33)23(35-7)12-13-30-25/h10-15,18,20,24H,8-9,16H2,1-7H3,(H,31,34)/t18-,24+,28+/m0/s1. The van der Waals surface area contributed by atoms with E-state index in [9.17, 15) is 18.8 Å². The number of hydrogen-bond acceptors (Lipinski definition) is 7. The molecule has 0 aliphatic carbocycles. The Morgan fingerprint density at radius 1 is 1.22 bits per heavy atom. The van der Waals surface area contributed by atoms with Crippen LogP contribution in [-0.2, 0) is 14.3 Å². The number of aldehydes is 1. The van der Waals surface area contributed by atoms with Gasteiger partial charge in [-0.25, -0.2) is 9.37 Å². The minimum absolute atomic E-state index is 0.0437. The topological polar surface area (TPSA) is 104 Å². The maximum Gasteiger partial charge on any atom is 0.308 e. The summed E-state index contributed by atoms with van der Waals surface area (Å²) in [7, 11) is 1.37. The lowest BCUT2D eigenvalue weighted by molar-refractivity contribution is -0.132. The molecule has 0 aliphatic heterocycles. The lowest BCUT2D eigenvalue weighted by Gasteiger charge is -2.34. The van der Waals surface area contributed by atoms with Crippen LogP contribution in [0.3, 0.4) is 0 Å². The van der Waals surface area contributed by atoms with Gasteiger partial charge in [-0.1, -0.05) is 32.8 Å². The van der Waals surface area contributed by atoms with Gasteiger partial charge in [0.2, 0.25) is 5.75 Å². The summed E-state index contributed by atoms with van der Waals surface area (Å²) in [5.74, 6) is -1.45. The quantitative estimate of drug-likeness (QED) is 0.302. The molecule has 202 valence electrons. The number of rotatable bonds is 13. The lowest BCUT2D eigenvalue weighted by Crippen LogP contribution is -2.52. The molecule has 37 heavy (non-hydrogen) atoms. The number of carbonyl (C=O) groups is 3. The molecule has 0 bridgehead atoms. The highest BCUT2D eigenvalue weighted by molar-refractivity contribution is 5.98. The molecule has 8 nitrogen and oxygen atoms in total. The Hall–Kier alpha value is -3.33. The van der Waals surface area contributed by atoms with Crippen LogP contribution in [0.2, 0.25) is 0 Å². The van der Waals surface area contributed by atoms with Gasteiger partial charge in [0.25, 0.3) is 5.91 Å². The largest absolute Gasteiger partial charge is 0.493 e. The molecule has 1 aromatic carbocycles. The zero-order valence-corrected chi connectivity index (χ0v) is 22.6. The van der Waals surface area contributed by atoms with Crippen molar-refractivity contribution >= 4 is 18.2 Å². The zero-order chi connectivity index (χ0) is 27.8. The number of nitrogens with one attached hydrogen (secondary N) is 1. The van der Waals surface area contributed by atoms with Crippen LogP contribution < -0.4 is 14.8 Å². The van der Waals surface area contributed by atoms with Crippen LogP contribution in [0.5, 0.6) is 11.5 Å². The van der Waals surface area contributed by atoms with Gasteiger partial charge >= 0.3 is 5.97 Å². The minimum Gasteiger partial charge on any atom is -0.493 e. The van der Waals surface area contributed by atoms with Crippen molar-refractivity contribution in [2.45, 2.75) is 71.9 Å². The fourth-order valence-corrected chi connectivity index (χ4v) is 4.52. The molecule has 0 spiro atoms. The third-order valence-electron chi connectivity index (χ3n) is 6.51. The molecule has 1 N–H and O–H groups in total. The van der Waals surface area contributed by atoms with Crippen molar-refractivity contribution in [2.24, 2.45) is 5.92 Å². The summed E-state index contributed by atoms with van der Waals surface area (Å²) in [5.41, 5.74) is 0.222. The lowest BCUT2D eigenvalue weighted by atomic mass is 9.78. The maximum atomic E-state index is 13.8. The van der Waals surface area contributed by atoms with E-state index in [4.69, 9.17) is 14.2 Å². The van der Waals surface area contributed by atoms with Crippen LogP contribution >= 0.6 is 0 Å². The van der Waals surface area contributed by atoms with Crippen molar-refractivity contribution in [3.8, 4) is 11.5 Å². The second kappa shape index (κ2) is 13.3. The highest BCUT2D eigenvalue weighted by Gasteiger charge is 2.34. The maximum absolute atomic E-state index is 13.8. The number of halogens is 1. The molecule has 0 fully saturated rings. The van der Waals surface area contributed by atoms with Gasteiger partial charge in [0.05, 0.1) is 19.8 Å². The molecule has 3 atom stereocenters. The molecular weight excluding hydrogens is 479 g/mol. The minimum atomic E-state index is -1.40. The SMILES string of the molecule is CCC(CC)[C@H](c1ccc(F)cc1C)[C@H](C)OC[C@@](C)(C=O)NC(=O)c1nccc(OC)c1OC(C)=O. The molecule has 2 aromatic rings. The molecule has 1 heterocycles. The third kappa shape index (κ3) is 7.58. The number of benzene rings is 1. The Balaban J connectivity index is 2.27. The predicted octanol–water partition coefficient (Wildman–Crippen LogP) is 4.78. The van der Waals surface area contributed by atoms with Crippen LogP contribution in [0.15, 0.2) is 30.5 Å². The first kappa shape index (κ1) is 29.9. The molecule has 0 aliphatic rings. The van der Waals surface area contributed by atoms with Crippen LogP contribution in [0, 0.1) is 18.7 Å². The average molecular weight is 517 g/mol. The summed E-state index contributed by atoms with van der Waals surface area (Å²) >= 11 is 0. The molecule has 0 radical (unpaired) electrons. The second-order valence-corrected chi connectivity index (χ2v) is 9.39. The average Bonchev–Trinajstić information content (AvgIpc) is 2.86. The van der Waals surface area contributed by atoms with Crippen molar-refractivity contribution < 1.29 is 33.0 Å². The van der Waals surface area contributed by atoms with E-state index < -0.39 is 17.4 Å². The van der Waals surface area contributed by atoms with Crippen LogP contribution in [0.25, 0.3) is 0 Å². The van der Waals surface area contributed by atoms with E-state index in [-0.39, 0.29) is 47.6 Å². The molecular formula is C28H37FN2O6. The van der Waals surface area contributed by atoms with Crippen molar-refractivity contribution in [3.63, 3.8) is 0 Å². The summed E-state index contributed by atoms with van der Waals surface area (Å²) in [6, 6.07) is 6.20. The normalized spacial score (nSPS) is 14.4. The molecule has 1 aromatic heterocycles. The number of nitrogens with zero attached hydrogens (tertiary/aromatic N) is 1. The van der Waals surface area contributed by atoms with E-state index in [1.54, 1.807) is 6.07 Å². The van der Waals surface area contributed by atoms with E-state index in [1.807, 2.05) is 13.8 Å². The third-order valence-corrected chi connectivity index (χ3v) is 6.51. The van der Waals surface area contributed by atoms with Crippen molar-refractivity contribution in [1.29, 1.82) is 0 Å². The van der Waals surface area contributed by atoms with Crippen LogP contribution in [0.4, 0.5) is 4.39 Å². The second-order valence-electron chi connectivity index (χ2n) is 9.39. The molecule has 0 saturated heterocycles. The summed E-state index contributed by atoms with van der Waals surface area (Å²) in [6.45, 7) is 10.6. The highest BCUT2D eigenvalue weighted by atomic mass is 19.1. The Kier molecular flexibility index (Phi) is 10.7. The summed E-state index contributed by atoms with van der Waals surface area (Å²) in [4.78, 5) is 40.8. The van der Waals surface area contributed by atoms with Crippen molar-refractivity contribution in [1.82, 2.24) is 10.3 Å². The van der Waals surface area contributed by atoms with Gasteiger partial charge in [0, 0.05) is 25.1 Å². The number of aromatic nitrogens is 1. The van der Waals surface area contributed by atoms with Gasteiger partial charge in [-0.15, -0.1) is 0 Å². The van der Waals surface area contributed by atoms with Gasteiger partial charge in [-0.2, -0.15) is 0 Å². The van der Waals surface area contributed by atoms with E-state index in [0.29, 0.717) is 6.29 Å². The van der Waals surface area contributed by atoms with Gasteiger partial charge in [0.15, 0.2) is 11.4 Å². The highest BCUT2D eigenvalue weighted by Crippen LogP contribution is 2.36. The fraction of sp³-hybridized carbons (Fsp3) is 0.500. The van der Waals surface area contributed by atoms with Gasteiger partial charge in [-0.3, -0.25) is 9.59 Å². The Labute approximate surface area is 217 Å². The molecule has 9 heteroatoms. The van der Waals surface area contributed by atoms with Crippen molar-refractivity contribution in [3.05, 3.63) is 53.1 Å². The number of carbonyl (C=O) groups excluding carboxylic acids is 3. The van der Waals surface area contributed by atoms with Gasteiger partial charge < -0.3 is 24.3 Å². The fourth-order valence-electron chi connectivity index (χ4n) is 4.52. The number of esters is 1. The number of amides is 1. The number of hydrogen-bond donors (Lipinski definition) is 1. The Morgan fingerprint density at radius 2 is 1.89 bits per heavy atom. The number of methoxy groups -OCH3 is 1. The number of aryl methyl sites for hydroxylation is 1. The summed E-state index contributed by atoms with van der Waals surface area (Å²) in [6.07, 6.45) is 3.39. The summed E-state index contributed by atoms with van der Waals surface area (Å²) in [5, 5.41) is 2.64.